The fourth-order valence-corrected chi connectivity index (χ4v) is 4.60. The molecule has 2 fully saturated rings. The summed E-state index contributed by atoms with van der Waals surface area (Å²) in [7, 11) is -2.93. The largest absolute Gasteiger partial charge is 0.481 e. The predicted molar refractivity (Wildman–Crippen MR) is 72.1 cm³/mol. The lowest BCUT2D eigenvalue weighted by Gasteiger charge is -2.31. The summed E-state index contributed by atoms with van der Waals surface area (Å²) in [4.78, 5) is 24.4. The summed E-state index contributed by atoms with van der Waals surface area (Å²) in [5.74, 6) is -1.07. The molecule has 0 aromatic heterocycles. The Kier molecular flexibility index (Phi) is 4.52. The number of nitrogens with zero attached hydrogens (tertiary/aromatic N) is 1. The van der Waals surface area contributed by atoms with Gasteiger partial charge in [-0.25, -0.2) is 13.2 Å². The Labute approximate surface area is 118 Å². The summed E-state index contributed by atoms with van der Waals surface area (Å²) in [6.07, 6.45) is 1.86. The number of hydrogen-bond acceptors (Lipinski definition) is 4. The van der Waals surface area contributed by atoms with Gasteiger partial charge in [-0.3, -0.25) is 4.79 Å². The topological polar surface area (TPSA) is 104 Å². The van der Waals surface area contributed by atoms with Gasteiger partial charge in [0.05, 0.1) is 17.4 Å². The minimum atomic E-state index is -2.93. The summed E-state index contributed by atoms with van der Waals surface area (Å²) in [5, 5.41) is 11.7. The van der Waals surface area contributed by atoms with E-state index in [0.29, 0.717) is 32.4 Å². The van der Waals surface area contributed by atoms with Gasteiger partial charge in [0.2, 0.25) is 0 Å². The molecule has 0 aromatic rings. The molecule has 2 atom stereocenters. The van der Waals surface area contributed by atoms with Gasteiger partial charge in [-0.05, 0) is 25.2 Å². The summed E-state index contributed by atoms with van der Waals surface area (Å²) < 4.78 is 22.6. The molecule has 7 nitrogen and oxygen atoms in total. The normalized spacial score (nSPS) is 29.1. The van der Waals surface area contributed by atoms with Crippen LogP contribution in [0.25, 0.3) is 0 Å². The van der Waals surface area contributed by atoms with Gasteiger partial charge in [0.1, 0.15) is 0 Å². The Morgan fingerprint density at radius 3 is 2.65 bits per heavy atom. The van der Waals surface area contributed by atoms with Crippen LogP contribution in [0.15, 0.2) is 0 Å². The second kappa shape index (κ2) is 5.99. The van der Waals surface area contributed by atoms with Crippen LogP contribution in [0.3, 0.4) is 0 Å². The van der Waals surface area contributed by atoms with Gasteiger partial charge in [-0.2, -0.15) is 0 Å². The van der Waals surface area contributed by atoms with Crippen molar-refractivity contribution in [3.8, 4) is 0 Å². The van der Waals surface area contributed by atoms with Crippen molar-refractivity contribution in [2.24, 2.45) is 11.8 Å². The molecule has 2 heterocycles. The quantitative estimate of drug-likeness (QED) is 0.759. The molecule has 0 saturated carbocycles. The SMILES string of the molecule is O=C(O)[C@H]1CCCN(C(=O)NCC2CCS(=O)(=O)C2)C1. The van der Waals surface area contributed by atoms with Crippen LogP contribution in [0.5, 0.6) is 0 Å². The number of sulfone groups is 1. The van der Waals surface area contributed by atoms with E-state index in [-0.39, 0.29) is 30.0 Å². The second-order valence-electron chi connectivity index (χ2n) is 5.58. The lowest BCUT2D eigenvalue weighted by atomic mass is 9.99. The number of urea groups is 1. The number of hydrogen-bond donors (Lipinski definition) is 2. The number of likely N-dealkylation sites (tertiary alicyclic amines) is 1. The fourth-order valence-electron chi connectivity index (χ4n) is 2.74. The number of piperidine rings is 1. The highest BCUT2D eigenvalue weighted by Gasteiger charge is 2.30. The van der Waals surface area contributed by atoms with Crippen molar-refractivity contribution in [1.29, 1.82) is 0 Å². The molecule has 0 bridgehead atoms. The monoisotopic (exact) mass is 304 g/mol. The highest BCUT2D eigenvalue weighted by molar-refractivity contribution is 7.91. The number of carbonyl (C=O) groups excluding carboxylic acids is 1. The van der Waals surface area contributed by atoms with E-state index in [2.05, 4.69) is 5.32 Å². The van der Waals surface area contributed by atoms with E-state index in [4.69, 9.17) is 5.11 Å². The van der Waals surface area contributed by atoms with E-state index >= 15 is 0 Å². The molecule has 114 valence electrons. The van der Waals surface area contributed by atoms with Crippen LogP contribution in [0.2, 0.25) is 0 Å². The van der Waals surface area contributed by atoms with Gasteiger partial charge in [-0.1, -0.05) is 0 Å². The Hall–Kier alpha value is -1.31. The van der Waals surface area contributed by atoms with Crippen molar-refractivity contribution in [2.45, 2.75) is 19.3 Å². The molecular formula is C12H20N2O5S. The molecule has 8 heteroatoms. The van der Waals surface area contributed by atoms with E-state index < -0.39 is 21.7 Å². The smallest absolute Gasteiger partial charge is 0.317 e. The molecule has 1 unspecified atom stereocenters. The Morgan fingerprint density at radius 1 is 1.30 bits per heavy atom. The first-order chi connectivity index (χ1) is 9.37. The number of carboxylic acid groups (broad SMARTS) is 1. The molecular weight excluding hydrogens is 284 g/mol. The molecule has 20 heavy (non-hydrogen) atoms. The maximum atomic E-state index is 12.0. The lowest BCUT2D eigenvalue weighted by molar-refractivity contribution is -0.143. The standard InChI is InChI=1S/C12H20N2O5S/c15-11(16)10-2-1-4-14(7-10)12(17)13-6-9-3-5-20(18,19)8-9/h9-10H,1-8H2,(H,13,17)(H,15,16)/t9?,10-/m0/s1. The summed E-state index contributed by atoms with van der Waals surface area (Å²) in [5.41, 5.74) is 0. The third kappa shape index (κ3) is 3.84. The molecule has 2 amide bonds. The first kappa shape index (κ1) is 15.1. The Morgan fingerprint density at radius 2 is 2.05 bits per heavy atom. The Bertz CT molecular complexity index is 490. The van der Waals surface area contributed by atoms with Crippen LogP contribution in [0.1, 0.15) is 19.3 Å². The summed E-state index contributed by atoms with van der Waals surface area (Å²) >= 11 is 0. The number of carboxylic acids is 1. The second-order valence-corrected chi connectivity index (χ2v) is 7.81. The van der Waals surface area contributed by atoms with E-state index in [9.17, 15) is 18.0 Å². The van der Waals surface area contributed by atoms with Crippen LogP contribution in [0.4, 0.5) is 4.79 Å². The van der Waals surface area contributed by atoms with E-state index in [1.165, 1.54) is 4.90 Å². The predicted octanol–water partition coefficient (Wildman–Crippen LogP) is -0.0727. The summed E-state index contributed by atoms with van der Waals surface area (Å²) in [6, 6.07) is -0.291. The van der Waals surface area contributed by atoms with Gasteiger partial charge in [0, 0.05) is 19.6 Å². The number of nitrogens with one attached hydrogen (secondary N) is 1. The van der Waals surface area contributed by atoms with E-state index in [0.717, 1.165) is 0 Å². The first-order valence-electron chi connectivity index (χ1n) is 6.83. The zero-order chi connectivity index (χ0) is 14.8. The van der Waals surface area contributed by atoms with Crippen LogP contribution in [-0.4, -0.2) is 61.6 Å². The molecule has 2 aliphatic rings. The average molecular weight is 304 g/mol. The van der Waals surface area contributed by atoms with Gasteiger partial charge in [0.15, 0.2) is 9.84 Å². The third-order valence-corrected chi connectivity index (χ3v) is 5.76. The van der Waals surface area contributed by atoms with Crippen LogP contribution < -0.4 is 5.32 Å². The van der Waals surface area contributed by atoms with Crippen molar-refractivity contribution in [3.05, 3.63) is 0 Å². The number of rotatable bonds is 3. The molecule has 0 aromatic carbocycles. The van der Waals surface area contributed by atoms with Gasteiger partial charge in [0.25, 0.3) is 0 Å². The van der Waals surface area contributed by atoms with Gasteiger partial charge >= 0.3 is 12.0 Å². The molecule has 0 radical (unpaired) electrons. The zero-order valence-electron chi connectivity index (χ0n) is 11.2. The van der Waals surface area contributed by atoms with Crippen molar-refractivity contribution in [2.75, 3.05) is 31.1 Å². The van der Waals surface area contributed by atoms with E-state index in [1.807, 2.05) is 0 Å². The number of amides is 2. The average Bonchev–Trinajstić information content (AvgIpc) is 2.75. The minimum Gasteiger partial charge on any atom is -0.481 e. The van der Waals surface area contributed by atoms with Crippen molar-refractivity contribution >= 4 is 21.8 Å². The molecule has 2 aliphatic heterocycles. The highest BCUT2D eigenvalue weighted by atomic mass is 32.2. The van der Waals surface area contributed by atoms with E-state index in [1.54, 1.807) is 0 Å². The van der Waals surface area contributed by atoms with Crippen LogP contribution in [0, 0.1) is 11.8 Å². The molecule has 0 aliphatic carbocycles. The van der Waals surface area contributed by atoms with Crippen LogP contribution >= 0.6 is 0 Å². The Balaban J connectivity index is 1.79. The molecule has 2 rings (SSSR count). The van der Waals surface area contributed by atoms with Crippen molar-refractivity contribution in [3.63, 3.8) is 0 Å². The fraction of sp³-hybridized carbons (Fsp3) is 0.833. The summed E-state index contributed by atoms with van der Waals surface area (Å²) in [6.45, 7) is 1.12. The highest BCUT2D eigenvalue weighted by Crippen LogP contribution is 2.19. The van der Waals surface area contributed by atoms with Crippen molar-refractivity contribution < 1.29 is 23.1 Å². The van der Waals surface area contributed by atoms with Crippen LogP contribution in [-0.2, 0) is 14.6 Å². The maximum absolute atomic E-state index is 12.0. The van der Waals surface area contributed by atoms with Crippen molar-refractivity contribution in [1.82, 2.24) is 10.2 Å². The number of carbonyl (C=O) groups is 2. The maximum Gasteiger partial charge on any atom is 0.317 e. The molecule has 2 N–H and O–H groups in total. The van der Waals surface area contributed by atoms with Gasteiger partial charge < -0.3 is 15.3 Å². The third-order valence-electron chi connectivity index (χ3n) is 3.93. The zero-order valence-corrected chi connectivity index (χ0v) is 12.1. The first-order valence-corrected chi connectivity index (χ1v) is 8.65. The van der Waals surface area contributed by atoms with Gasteiger partial charge in [-0.15, -0.1) is 0 Å². The lowest BCUT2D eigenvalue weighted by Crippen LogP contribution is -2.48. The molecule has 0 spiro atoms. The molecule has 2 saturated heterocycles. The minimum absolute atomic E-state index is 0.0241. The number of aliphatic carboxylic acids is 1.